The van der Waals surface area contributed by atoms with Crippen LogP contribution in [0.5, 0.6) is 0 Å². The third kappa shape index (κ3) is 1.92. The molecule has 0 spiro atoms. The maximum atomic E-state index is 5.64. The van der Waals surface area contributed by atoms with Crippen LogP contribution in [-0.2, 0) is 0 Å². The monoisotopic (exact) mass is 242 g/mol. The van der Waals surface area contributed by atoms with Crippen LogP contribution in [0, 0.1) is 0 Å². The number of benzene rings is 1. The second kappa shape index (κ2) is 4.03. The number of aromatic amines is 1. The van der Waals surface area contributed by atoms with Gasteiger partial charge in [0.2, 0.25) is 0 Å². The Morgan fingerprint density at radius 3 is 2.65 bits per heavy atom. The molecule has 0 atom stereocenters. The number of anilines is 1. The van der Waals surface area contributed by atoms with Gasteiger partial charge in [-0.15, -0.1) is 11.3 Å². The van der Waals surface area contributed by atoms with Crippen molar-refractivity contribution in [1.29, 1.82) is 0 Å². The third-order valence-electron chi connectivity index (χ3n) is 2.41. The highest BCUT2D eigenvalue weighted by Gasteiger charge is 2.07. The molecule has 17 heavy (non-hydrogen) atoms. The van der Waals surface area contributed by atoms with Crippen molar-refractivity contribution in [3.63, 3.8) is 0 Å². The van der Waals surface area contributed by atoms with Gasteiger partial charge in [-0.25, -0.2) is 4.98 Å². The average molecular weight is 242 g/mol. The van der Waals surface area contributed by atoms with Crippen LogP contribution in [0.2, 0.25) is 0 Å². The van der Waals surface area contributed by atoms with E-state index in [1.165, 1.54) is 0 Å². The quantitative estimate of drug-likeness (QED) is 0.679. The molecule has 3 N–H and O–H groups in total. The minimum absolute atomic E-state index is 0.688. The molecule has 0 saturated heterocycles. The van der Waals surface area contributed by atoms with E-state index in [2.05, 4.69) is 15.2 Å². The van der Waals surface area contributed by atoms with E-state index in [1.807, 2.05) is 41.8 Å². The fraction of sp³-hybridized carbons (Fsp3) is 0. The third-order valence-corrected chi connectivity index (χ3v) is 3.29. The zero-order valence-electron chi connectivity index (χ0n) is 8.92. The van der Waals surface area contributed by atoms with Crippen LogP contribution >= 0.6 is 11.3 Å². The van der Waals surface area contributed by atoms with Crippen LogP contribution in [0.1, 0.15) is 0 Å². The number of thiophene rings is 1. The smallest absolute Gasteiger partial charge is 0.181 e. The number of hydrogen-bond acceptors (Lipinski definition) is 4. The standard InChI is InChI=1S/C12H10N4S/c13-9-5-3-8(4-6-9)11-14-12(16-15-11)10-2-1-7-17-10/h1-7H,13H2,(H,14,15,16). The molecule has 5 heteroatoms. The van der Waals surface area contributed by atoms with Gasteiger partial charge in [-0.05, 0) is 35.7 Å². The van der Waals surface area contributed by atoms with Gasteiger partial charge in [0.25, 0.3) is 0 Å². The molecule has 2 aromatic heterocycles. The molecule has 84 valence electrons. The van der Waals surface area contributed by atoms with Gasteiger partial charge in [0.05, 0.1) is 4.88 Å². The highest BCUT2D eigenvalue weighted by atomic mass is 32.1. The van der Waals surface area contributed by atoms with Crippen molar-refractivity contribution in [3.05, 3.63) is 41.8 Å². The van der Waals surface area contributed by atoms with Crippen molar-refractivity contribution in [3.8, 4) is 22.1 Å². The number of nitrogens with one attached hydrogen (secondary N) is 1. The summed E-state index contributed by atoms with van der Waals surface area (Å²) in [5.74, 6) is 1.49. The Bertz CT molecular complexity index is 610. The van der Waals surface area contributed by atoms with Crippen molar-refractivity contribution in [1.82, 2.24) is 15.2 Å². The van der Waals surface area contributed by atoms with Crippen molar-refractivity contribution >= 4 is 17.0 Å². The van der Waals surface area contributed by atoms with Gasteiger partial charge >= 0.3 is 0 Å². The summed E-state index contributed by atoms with van der Waals surface area (Å²) in [5.41, 5.74) is 7.34. The summed E-state index contributed by atoms with van der Waals surface area (Å²) in [4.78, 5) is 5.54. The first-order valence-electron chi connectivity index (χ1n) is 5.15. The summed E-state index contributed by atoms with van der Waals surface area (Å²) in [6.45, 7) is 0. The molecule has 1 aromatic carbocycles. The van der Waals surface area contributed by atoms with E-state index in [-0.39, 0.29) is 0 Å². The number of nitrogens with zero attached hydrogens (tertiary/aromatic N) is 2. The largest absolute Gasteiger partial charge is 0.399 e. The van der Waals surface area contributed by atoms with E-state index in [9.17, 15) is 0 Å². The first-order chi connectivity index (χ1) is 8.33. The summed E-state index contributed by atoms with van der Waals surface area (Å²) >= 11 is 1.63. The molecule has 0 fully saturated rings. The number of hydrogen-bond donors (Lipinski definition) is 2. The van der Waals surface area contributed by atoms with Gasteiger partial charge in [0, 0.05) is 11.3 Å². The maximum absolute atomic E-state index is 5.64. The van der Waals surface area contributed by atoms with Crippen molar-refractivity contribution in [2.24, 2.45) is 0 Å². The minimum atomic E-state index is 0.688. The SMILES string of the molecule is Nc1ccc(-c2n[nH]c(-c3cccs3)n2)cc1. The molecule has 0 bridgehead atoms. The Hall–Kier alpha value is -2.14. The maximum Gasteiger partial charge on any atom is 0.181 e. The molecule has 3 aromatic rings. The van der Waals surface area contributed by atoms with Crippen LogP contribution < -0.4 is 5.73 Å². The molecule has 0 amide bonds. The second-order valence-corrected chi connectivity index (χ2v) is 4.55. The van der Waals surface area contributed by atoms with Gasteiger partial charge in [-0.3, -0.25) is 5.10 Å². The van der Waals surface area contributed by atoms with Gasteiger partial charge in [0.1, 0.15) is 0 Å². The van der Waals surface area contributed by atoms with E-state index in [0.29, 0.717) is 5.82 Å². The molecule has 0 saturated carbocycles. The van der Waals surface area contributed by atoms with Gasteiger partial charge < -0.3 is 5.73 Å². The molecule has 0 aliphatic heterocycles. The predicted octanol–water partition coefficient (Wildman–Crippen LogP) is 2.78. The van der Waals surface area contributed by atoms with Gasteiger partial charge in [0.15, 0.2) is 11.6 Å². The fourth-order valence-corrected chi connectivity index (χ4v) is 2.21. The Morgan fingerprint density at radius 2 is 1.94 bits per heavy atom. The normalized spacial score (nSPS) is 10.6. The van der Waals surface area contributed by atoms with E-state index in [0.717, 1.165) is 22.0 Å². The lowest BCUT2D eigenvalue weighted by Gasteiger charge is -1.95. The number of aromatic nitrogens is 3. The number of nitrogen functional groups attached to an aromatic ring is 1. The summed E-state index contributed by atoms with van der Waals surface area (Å²) in [6.07, 6.45) is 0. The summed E-state index contributed by atoms with van der Waals surface area (Å²) in [7, 11) is 0. The zero-order chi connectivity index (χ0) is 11.7. The number of nitrogens with two attached hydrogens (primary N) is 1. The fourth-order valence-electron chi connectivity index (χ4n) is 1.55. The Kier molecular flexibility index (Phi) is 2.38. The molecule has 0 aliphatic rings. The van der Waals surface area contributed by atoms with Crippen LogP contribution in [0.4, 0.5) is 5.69 Å². The van der Waals surface area contributed by atoms with Crippen LogP contribution in [0.15, 0.2) is 41.8 Å². The van der Waals surface area contributed by atoms with E-state index < -0.39 is 0 Å². The highest BCUT2D eigenvalue weighted by Crippen LogP contribution is 2.23. The topological polar surface area (TPSA) is 67.6 Å². The van der Waals surface area contributed by atoms with Crippen molar-refractivity contribution in [2.45, 2.75) is 0 Å². The van der Waals surface area contributed by atoms with E-state index in [1.54, 1.807) is 11.3 Å². The lowest BCUT2D eigenvalue weighted by Crippen LogP contribution is -1.85. The predicted molar refractivity (Wildman–Crippen MR) is 69.5 cm³/mol. The van der Waals surface area contributed by atoms with Crippen molar-refractivity contribution in [2.75, 3.05) is 5.73 Å². The molecule has 4 nitrogen and oxygen atoms in total. The highest BCUT2D eigenvalue weighted by molar-refractivity contribution is 7.13. The zero-order valence-corrected chi connectivity index (χ0v) is 9.74. The van der Waals surface area contributed by atoms with Crippen molar-refractivity contribution < 1.29 is 0 Å². The van der Waals surface area contributed by atoms with E-state index in [4.69, 9.17) is 5.73 Å². The van der Waals surface area contributed by atoms with E-state index >= 15 is 0 Å². The van der Waals surface area contributed by atoms with Gasteiger partial charge in [-0.1, -0.05) is 6.07 Å². The molecule has 2 heterocycles. The second-order valence-electron chi connectivity index (χ2n) is 3.61. The summed E-state index contributed by atoms with van der Waals surface area (Å²) < 4.78 is 0. The Labute approximate surface area is 102 Å². The summed E-state index contributed by atoms with van der Waals surface area (Å²) in [6, 6.07) is 11.5. The first-order valence-corrected chi connectivity index (χ1v) is 6.03. The first kappa shape index (κ1) is 10.0. The lowest BCUT2D eigenvalue weighted by atomic mass is 10.2. The Morgan fingerprint density at radius 1 is 1.12 bits per heavy atom. The average Bonchev–Trinajstić information content (AvgIpc) is 3.00. The summed E-state index contributed by atoms with van der Waals surface area (Å²) in [5, 5.41) is 9.16. The number of rotatable bonds is 2. The molecular formula is C12H10N4S. The molecule has 0 aliphatic carbocycles. The lowest BCUT2D eigenvalue weighted by molar-refractivity contribution is 1.10. The van der Waals surface area contributed by atoms with Gasteiger partial charge in [-0.2, -0.15) is 5.10 Å². The van der Waals surface area contributed by atoms with Crippen LogP contribution in [0.3, 0.4) is 0 Å². The van der Waals surface area contributed by atoms with Crippen LogP contribution in [0.25, 0.3) is 22.1 Å². The molecule has 0 radical (unpaired) electrons. The molecule has 0 unspecified atom stereocenters. The minimum Gasteiger partial charge on any atom is -0.399 e. The Balaban J connectivity index is 1.98. The molecule has 3 rings (SSSR count). The van der Waals surface area contributed by atoms with Crippen LogP contribution in [-0.4, -0.2) is 15.2 Å². The molecular weight excluding hydrogens is 232 g/mol. The number of H-pyrrole nitrogens is 1.